The van der Waals surface area contributed by atoms with E-state index in [0.29, 0.717) is 23.3 Å². The molecule has 0 saturated carbocycles. The maximum atomic E-state index is 12.3. The summed E-state index contributed by atoms with van der Waals surface area (Å²) < 4.78 is 0. The molecule has 132 valence electrons. The molecule has 1 amide bonds. The molecule has 1 saturated heterocycles. The first-order valence-electron chi connectivity index (χ1n) is 8.79. The van der Waals surface area contributed by atoms with Gasteiger partial charge in [-0.15, -0.1) is 0 Å². The van der Waals surface area contributed by atoms with Crippen molar-refractivity contribution >= 4 is 23.3 Å². The quantitative estimate of drug-likeness (QED) is 0.882. The first kappa shape index (κ1) is 17.7. The number of rotatable bonds is 5. The molecule has 1 unspecified atom stereocenters. The van der Waals surface area contributed by atoms with Crippen LogP contribution < -0.4 is 10.2 Å². The van der Waals surface area contributed by atoms with Gasteiger partial charge in [0.15, 0.2) is 0 Å². The lowest BCUT2D eigenvalue weighted by atomic mass is 10.0. The molecule has 5 nitrogen and oxygen atoms in total. The molecular formula is C19H23ClN4O. The smallest absolute Gasteiger partial charge is 0.271 e. The topological polar surface area (TPSA) is 58.1 Å². The maximum absolute atomic E-state index is 12.3. The molecule has 0 radical (unpaired) electrons. The van der Waals surface area contributed by atoms with Crippen LogP contribution in [0, 0.1) is 0 Å². The monoisotopic (exact) mass is 358 g/mol. The Morgan fingerprint density at radius 1 is 1.28 bits per heavy atom. The van der Waals surface area contributed by atoms with Crippen molar-refractivity contribution in [3.63, 3.8) is 0 Å². The van der Waals surface area contributed by atoms with Crippen LogP contribution in [0.25, 0.3) is 0 Å². The van der Waals surface area contributed by atoms with Crippen LogP contribution in [0.15, 0.2) is 36.7 Å². The number of aromatic nitrogens is 2. The number of hydrogen-bond acceptors (Lipinski definition) is 4. The summed E-state index contributed by atoms with van der Waals surface area (Å²) in [7, 11) is 0. The van der Waals surface area contributed by atoms with Gasteiger partial charge in [-0.3, -0.25) is 4.79 Å². The Morgan fingerprint density at radius 3 is 2.84 bits per heavy atom. The van der Waals surface area contributed by atoms with E-state index >= 15 is 0 Å². The number of amides is 1. The molecule has 6 heteroatoms. The predicted octanol–water partition coefficient (Wildman–Crippen LogP) is 3.83. The number of piperidine rings is 1. The van der Waals surface area contributed by atoms with Crippen LogP contribution in [0.1, 0.15) is 48.7 Å². The largest absolute Gasteiger partial charge is 0.352 e. The number of hydrogen-bond donors (Lipinski definition) is 1. The third-order valence-electron chi connectivity index (χ3n) is 4.66. The molecule has 1 aliphatic heterocycles. The number of benzene rings is 1. The van der Waals surface area contributed by atoms with Gasteiger partial charge in [0.2, 0.25) is 0 Å². The first-order chi connectivity index (χ1) is 12.2. The summed E-state index contributed by atoms with van der Waals surface area (Å²) in [5, 5.41) is 3.47. The third-order valence-corrected chi connectivity index (χ3v) is 5.03. The minimum absolute atomic E-state index is 0.246. The second-order valence-corrected chi connectivity index (χ2v) is 6.69. The molecule has 1 fully saturated rings. The van der Waals surface area contributed by atoms with Gasteiger partial charge in [-0.05, 0) is 37.3 Å². The minimum atomic E-state index is -0.246. The normalized spacial score (nSPS) is 17.4. The van der Waals surface area contributed by atoms with Gasteiger partial charge < -0.3 is 10.2 Å². The van der Waals surface area contributed by atoms with Crippen molar-refractivity contribution in [3.8, 4) is 0 Å². The van der Waals surface area contributed by atoms with E-state index in [4.69, 9.17) is 11.6 Å². The van der Waals surface area contributed by atoms with Crippen LogP contribution in [-0.4, -0.2) is 28.5 Å². The lowest BCUT2D eigenvalue weighted by molar-refractivity contribution is 0.0945. The van der Waals surface area contributed by atoms with Crippen molar-refractivity contribution in [3.05, 3.63) is 52.9 Å². The summed E-state index contributed by atoms with van der Waals surface area (Å²) >= 11 is 6.10. The zero-order valence-corrected chi connectivity index (χ0v) is 15.2. The SMILES string of the molecule is CCC1CCCCN1c1cnc(C(=O)NCc2ccccc2Cl)cn1. The number of carbonyl (C=O) groups excluding carboxylic acids is 1. The van der Waals surface area contributed by atoms with E-state index in [9.17, 15) is 4.79 Å². The molecule has 2 aromatic rings. The Morgan fingerprint density at radius 2 is 2.12 bits per heavy atom. The van der Waals surface area contributed by atoms with Gasteiger partial charge in [-0.1, -0.05) is 36.7 Å². The van der Waals surface area contributed by atoms with E-state index in [0.717, 1.165) is 24.3 Å². The zero-order chi connectivity index (χ0) is 17.6. The minimum Gasteiger partial charge on any atom is -0.352 e. The number of halogens is 1. The van der Waals surface area contributed by atoms with Gasteiger partial charge in [0.05, 0.1) is 12.4 Å². The lowest BCUT2D eigenvalue weighted by Crippen LogP contribution is -2.39. The molecule has 3 rings (SSSR count). The highest BCUT2D eigenvalue weighted by atomic mass is 35.5. The molecule has 1 aromatic carbocycles. The summed E-state index contributed by atoms with van der Waals surface area (Å²) in [5.41, 5.74) is 1.20. The van der Waals surface area contributed by atoms with Gasteiger partial charge >= 0.3 is 0 Å². The standard InChI is InChI=1S/C19H23ClN4O/c1-2-15-8-5-6-10-24(15)18-13-21-17(12-22-18)19(25)23-11-14-7-3-4-9-16(14)20/h3-4,7,9,12-13,15H,2,5-6,8,10-11H2,1H3,(H,23,25). The van der Waals surface area contributed by atoms with Crippen LogP contribution in [0.4, 0.5) is 5.82 Å². The lowest BCUT2D eigenvalue weighted by Gasteiger charge is -2.35. The number of anilines is 1. The van der Waals surface area contributed by atoms with Crippen LogP contribution in [0.5, 0.6) is 0 Å². The zero-order valence-electron chi connectivity index (χ0n) is 14.4. The third kappa shape index (κ3) is 4.28. The van der Waals surface area contributed by atoms with E-state index in [1.165, 1.54) is 19.3 Å². The molecule has 1 atom stereocenters. The van der Waals surface area contributed by atoms with Crippen LogP contribution in [-0.2, 0) is 6.54 Å². The van der Waals surface area contributed by atoms with Crippen molar-refractivity contribution < 1.29 is 4.79 Å². The Kier molecular flexibility index (Phi) is 5.87. The fourth-order valence-corrected chi connectivity index (χ4v) is 3.42. The molecule has 1 aromatic heterocycles. The summed E-state index contributed by atoms with van der Waals surface area (Å²) in [6, 6.07) is 7.97. The molecule has 25 heavy (non-hydrogen) atoms. The van der Waals surface area contributed by atoms with E-state index < -0.39 is 0 Å². The van der Waals surface area contributed by atoms with Gasteiger partial charge in [0.1, 0.15) is 11.5 Å². The van der Waals surface area contributed by atoms with E-state index in [-0.39, 0.29) is 5.91 Å². The first-order valence-corrected chi connectivity index (χ1v) is 9.17. The molecular weight excluding hydrogens is 336 g/mol. The average Bonchev–Trinajstić information content (AvgIpc) is 2.67. The van der Waals surface area contributed by atoms with Gasteiger partial charge in [-0.2, -0.15) is 0 Å². The highest BCUT2D eigenvalue weighted by Gasteiger charge is 2.22. The second-order valence-electron chi connectivity index (χ2n) is 6.29. The number of carbonyl (C=O) groups is 1. The molecule has 0 aliphatic carbocycles. The van der Waals surface area contributed by atoms with Crippen LogP contribution in [0.2, 0.25) is 5.02 Å². The Hall–Kier alpha value is -2.14. The van der Waals surface area contributed by atoms with Crippen LogP contribution in [0.3, 0.4) is 0 Å². The summed E-state index contributed by atoms with van der Waals surface area (Å²) in [5.74, 6) is 0.610. The van der Waals surface area contributed by atoms with Crippen molar-refractivity contribution in [1.82, 2.24) is 15.3 Å². The number of nitrogens with zero attached hydrogens (tertiary/aromatic N) is 3. The Balaban J connectivity index is 1.63. The fraction of sp³-hybridized carbons (Fsp3) is 0.421. The van der Waals surface area contributed by atoms with E-state index in [1.54, 1.807) is 18.5 Å². The van der Waals surface area contributed by atoms with Crippen molar-refractivity contribution in [2.45, 2.75) is 45.2 Å². The van der Waals surface area contributed by atoms with Crippen molar-refractivity contribution in [2.75, 3.05) is 11.4 Å². The molecule has 2 heterocycles. The molecule has 1 N–H and O–H groups in total. The summed E-state index contributed by atoms with van der Waals surface area (Å²) in [4.78, 5) is 23.4. The van der Waals surface area contributed by atoms with Gasteiger partial charge in [0.25, 0.3) is 5.91 Å². The predicted molar refractivity (Wildman–Crippen MR) is 99.9 cm³/mol. The highest BCUT2D eigenvalue weighted by molar-refractivity contribution is 6.31. The van der Waals surface area contributed by atoms with E-state index in [1.807, 2.05) is 18.2 Å². The summed E-state index contributed by atoms with van der Waals surface area (Å²) in [6.07, 6.45) is 8.00. The van der Waals surface area contributed by atoms with Crippen molar-refractivity contribution in [1.29, 1.82) is 0 Å². The van der Waals surface area contributed by atoms with Crippen molar-refractivity contribution in [2.24, 2.45) is 0 Å². The highest BCUT2D eigenvalue weighted by Crippen LogP contribution is 2.24. The second kappa shape index (κ2) is 8.30. The Labute approximate surface area is 153 Å². The Bertz CT molecular complexity index is 720. The summed E-state index contributed by atoms with van der Waals surface area (Å²) in [6.45, 7) is 3.57. The molecule has 0 spiro atoms. The molecule has 0 bridgehead atoms. The van der Waals surface area contributed by atoms with Gasteiger partial charge in [-0.25, -0.2) is 9.97 Å². The van der Waals surface area contributed by atoms with E-state index in [2.05, 4.69) is 27.1 Å². The average molecular weight is 359 g/mol. The molecule has 1 aliphatic rings. The fourth-order valence-electron chi connectivity index (χ4n) is 3.22. The van der Waals surface area contributed by atoms with Gasteiger partial charge in [0, 0.05) is 24.2 Å². The number of nitrogens with one attached hydrogen (secondary N) is 1. The van der Waals surface area contributed by atoms with Crippen LogP contribution >= 0.6 is 11.6 Å². The maximum Gasteiger partial charge on any atom is 0.271 e.